The number of hydrogen-bond donors (Lipinski definition) is 2. The summed E-state index contributed by atoms with van der Waals surface area (Å²) in [6.07, 6.45) is 1.64. The summed E-state index contributed by atoms with van der Waals surface area (Å²) in [6, 6.07) is 7.82. The molecule has 0 aliphatic rings. The number of hydrogen-bond acceptors (Lipinski definition) is 2. The summed E-state index contributed by atoms with van der Waals surface area (Å²) < 4.78 is 30.8. The number of aromatic nitrogens is 3. The van der Waals surface area contributed by atoms with Crippen molar-refractivity contribution >= 4 is 27.8 Å². The Morgan fingerprint density at radius 3 is 2.61 bits per heavy atom. The second-order valence-electron chi connectivity index (χ2n) is 7.14. The molecule has 2 N–H and O–H groups in total. The van der Waals surface area contributed by atoms with Gasteiger partial charge in [0.2, 0.25) is 0 Å². The van der Waals surface area contributed by atoms with E-state index in [4.69, 9.17) is 0 Å². The monoisotopic (exact) mass is 383 g/mol. The van der Waals surface area contributed by atoms with E-state index in [9.17, 15) is 14.3 Å². The van der Waals surface area contributed by atoms with E-state index in [1.807, 2.05) is 24.5 Å². The minimum Gasteiger partial charge on any atom is -0.481 e. The fourth-order valence-electron chi connectivity index (χ4n) is 3.85. The molecule has 0 aliphatic carbocycles. The van der Waals surface area contributed by atoms with Gasteiger partial charge in [0, 0.05) is 28.6 Å². The Hall–Kier alpha value is -3.22. The topological polar surface area (TPSA) is 70.9 Å². The first-order chi connectivity index (χ1) is 13.4. The SMILES string of the molecule is CC(C)c1c(CCC(=O)O)c2c(F)c3[nH]ncc3cc2n1-c1ccc(F)cc1. The molecule has 2 aromatic heterocycles. The van der Waals surface area contributed by atoms with Gasteiger partial charge >= 0.3 is 5.97 Å². The van der Waals surface area contributed by atoms with Crippen molar-refractivity contribution < 1.29 is 18.7 Å². The van der Waals surface area contributed by atoms with E-state index < -0.39 is 11.8 Å². The van der Waals surface area contributed by atoms with Crippen LogP contribution in [0, 0.1) is 11.6 Å². The van der Waals surface area contributed by atoms with Crippen LogP contribution in [-0.4, -0.2) is 25.8 Å². The molecule has 0 aliphatic heterocycles. The molecule has 0 amide bonds. The van der Waals surface area contributed by atoms with Crippen molar-refractivity contribution in [1.29, 1.82) is 0 Å². The highest BCUT2D eigenvalue weighted by molar-refractivity contribution is 5.99. The first-order valence-corrected chi connectivity index (χ1v) is 9.05. The van der Waals surface area contributed by atoms with Crippen molar-refractivity contribution in [1.82, 2.24) is 14.8 Å². The molecule has 28 heavy (non-hydrogen) atoms. The average molecular weight is 383 g/mol. The average Bonchev–Trinajstić information content (AvgIpc) is 3.24. The van der Waals surface area contributed by atoms with E-state index in [1.54, 1.807) is 18.3 Å². The van der Waals surface area contributed by atoms with Crippen LogP contribution in [0.25, 0.3) is 27.5 Å². The molecule has 5 nitrogen and oxygen atoms in total. The van der Waals surface area contributed by atoms with Crippen molar-refractivity contribution in [2.75, 3.05) is 0 Å². The number of nitrogens with zero attached hydrogens (tertiary/aromatic N) is 2. The lowest BCUT2D eigenvalue weighted by molar-refractivity contribution is -0.136. The van der Waals surface area contributed by atoms with Crippen LogP contribution in [0.4, 0.5) is 8.78 Å². The molecule has 144 valence electrons. The number of benzene rings is 2. The second-order valence-corrected chi connectivity index (χ2v) is 7.14. The van der Waals surface area contributed by atoms with Crippen LogP contribution in [0.15, 0.2) is 36.5 Å². The van der Waals surface area contributed by atoms with Crippen LogP contribution >= 0.6 is 0 Å². The van der Waals surface area contributed by atoms with Crippen molar-refractivity contribution in [2.45, 2.75) is 32.6 Å². The number of H-pyrrole nitrogens is 1. The van der Waals surface area contributed by atoms with Crippen LogP contribution < -0.4 is 0 Å². The number of aromatic amines is 1. The van der Waals surface area contributed by atoms with Crippen molar-refractivity contribution in [3.63, 3.8) is 0 Å². The lowest BCUT2D eigenvalue weighted by Crippen LogP contribution is -2.06. The summed E-state index contributed by atoms with van der Waals surface area (Å²) in [7, 11) is 0. The summed E-state index contributed by atoms with van der Waals surface area (Å²) >= 11 is 0. The highest BCUT2D eigenvalue weighted by atomic mass is 19.1. The third kappa shape index (κ3) is 2.83. The molecule has 0 saturated carbocycles. The summed E-state index contributed by atoms with van der Waals surface area (Å²) in [6.45, 7) is 3.95. The maximum Gasteiger partial charge on any atom is 0.303 e. The summed E-state index contributed by atoms with van der Waals surface area (Å²) in [5.41, 5.74) is 3.07. The lowest BCUT2D eigenvalue weighted by Gasteiger charge is -2.15. The van der Waals surface area contributed by atoms with E-state index in [0.29, 0.717) is 27.5 Å². The van der Waals surface area contributed by atoms with Gasteiger partial charge in [-0.15, -0.1) is 0 Å². The largest absolute Gasteiger partial charge is 0.481 e. The van der Waals surface area contributed by atoms with Crippen molar-refractivity contribution in [2.24, 2.45) is 0 Å². The molecule has 0 spiro atoms. The predicted octanol–water partition coefficient (Wildman–Crippen LogP) is 4.93. The minimum atomic E-state index is -0.944. The Balaban J connectivity index is 2.13. The number of carboxylic acid groups (broad SMARTS) is 1. The highest BCUT2D eigenvalue weighted by Crippen LogP contribution is 2.38. The van der Waals surface area contributed by atoms with Gasteiger partial charge in [-0.2, -0.15) is 5.10 Å². The van der Waals surface area contributed by atoms with Crippen LogP contribution in [0.1, 0.15) is 37.4 Å². The highest BCUT2D eigenvalue weighted by Gasteiger charge is 2.25. The molecule has 2 aromatic carbocycles. The number of rotatable bonds is 5. The van der Waals surface area contributed by atoms with Crippen LogP contribution in [0.5, 0.6) is 0 Å². The van der Waals surface area contributed by atoms with Gasteiger partial charge in [-0.05, 0) is 48.2 Å². The molecular formula is C21H19F2N3O2. The van der Waals surface area contributed by atoms with Crippen LogP contribution in [0.3, 0.4) is 0 Å². The second kappa shape index (κ2) is 6.74. The van der Waals surface area contributed by atoms with Gasteiger partial charge in [-0.1, -0.05) is 13.8 Å². The Morgan fingerprint density at radius 2 is 1.96 bits per heavy atom. The van der Waals surface area contributed by atoms with Gasteiger partial charge in [0.1, 0.15) is 11.3 Å². The van der Waals surface area contributed by atoms with Crippen LogP contribution in [0.2, 0.25) is 0 Å². The Kier molecular flexibility index (Phi) is 4.37. The standard InChI is InChI=1S/C21H19F2N3O2/c1-11(2)21-15(7-8-17(27)28)18-16(9-12-10-24-25-20(12)19(18)23)26(21)14-5-3-13(22)4-6-14/h3-6,9-11H,7-8H2,1-2H3,(H,24,25)(H,27,28). The zero-order valence-corrected chi connectivity index (χ0v) is 15.5. The van der Waals surface area contributed by atoms with E-state index >= 15 is 4.39 Å². The van der Waals surface area contributed by atoms with Gasteiger partial charge in [0.05, 0.1) is 11.7 Å². The number of nitrogens with one attached hydrogen (secondary N) is 1. The molecule has 0 radical (unpaired) electrons. The predicted molar refractivity (Wildman–Crippen MR) is 103 cm³/mol. The fourth-order valence-corrected chi connectivity index (χ4v) is 3.85. The first-order valence-electron chi connectivity index (χ1n) is 9.05. The van der Waals surface area contributed by atoms with Crippen LogP contribution in [-0.2, 0) is 11.2 Å². The molecule has 0 unspecified atom stereocenters. The summed E-state index contributed by atoms with van der Waals surface area (Å²) in [5, 5.41) is 16.8. The van der Waals surface area contributed by atoms with E-state index in [1.165, 1.54) is 12.1 Å². The summed E-state index contributed by atoms with van der Waals surface area (Å²) in [5.74, 6) is -1.76. The maximum atomic E-state index is 15.4. The molecule has 0 atom stereocenters. The number of halogens is 2. The van der Waals surface area contributed by atoms with Gasteiger partial charge < -0.3 is 9.67 Å². The first kappa shape index (κ1) is 18.2. The third-order valence-corrected chi connectivity index (χ3v) is 4.97. The Bertz CT molecular complexity index is 1190. The maximum absolute atomic E-state index is 15.4. The normalized spacial score (nSPS) is 11.8. The molecule has 0 fully saturated rings. The molecule has 2 heterocycles. The van der Waals surface area contributed by atoms with Gasteiger partial charge in [-0.25, -0.2) is 8.78 Å². The fraction of sp³-hybridized carbons (Fsp3) is 0.238. The number of fused-ring (bicyclic) bond motifs is 2. The van der Waals surface area contributed by atoms with Gasteiger partial charge in [-0.3, -0.25) is 9.89 Å². The number of aliphatic carboxylic acids is 1. The minimum absolute atomic E-state index is 0.00267. The van der Waals surface area contributed by atoms with Gasteiger partial charge in [0.25, 0.3) is 0 Å². The number of carboxylic acids is 1. The molecule has 0 bridgehead atoms. The molecule has 0 saturated heterocycles. The smallest absolute Gasteiger partial charge is 0.303 e. The zero-order chi connectivity index (χ0) is 20.0. The van der Waals surface area contributed by atoms with E-state index in [0.717, 1.165) is 5.69 Å². The lowest BCUT2D eigenvalue weighted by atomic mass is 9.98. The summed E-state index contributed by atoms with van der Waals surface area (Å²) in [4.78, 5) is 11.2. The molecule has 4 aromatic rings. The molecule has 7 heteroatoms. The molecule has 4 rings (SSSR count). The zero-order valence-electron chi connectivity index (χ0n) is 15.5. The Morgan fingerprint density at radius 1 is 1.25 bits per heavy atom. The van der Waals surface area contributed by atoms with Crippen molar-refractivity contribution in [3.05, 3.63) is 59.4 Å². The van der Waals surface area contributed by atoms with E-state index in [-0.39, 0.29) is 30.1 Å². The number of carbonyl (C=O) groups is 1. The Labute approximate surface area is 159 Å². The van der Waals surface area contributed by atoms with Gasteiger partial charge in [0.15, 0.2) is 5.82 Å². The van der Waals surface area contributed by atoms with Crippen molar-refractivity contribution in [3.8, 4) is 5.69 Å². The number of aryl methyl sites for hydroxylation is 1. The third-order valence-electron chi connectivity index (χ3n) is 4.97. The van der Waals surface area contributed by atoms with E-state index in [2.05, 4.69) is 10.2 Å². The quantitative estimate of drug-likeness (QED) is 0.514. The molecular weight excluding hydrogens is 364 g/mol.